The normalized spacial score (nSPS) is 14.6. The first kappa shape index (κ1) is 16.6. The Kier molecular flexibility index (Phi) is 6.37. The first-order valence-corrected chi connectivity index (χ1v) is 7.44. The van der Waals surface area contributed by atoms with Crippen molar-refractivity contribution in [1.29, 1.82) is 0 Å². The largest absolute Gasteiger partial charge is 0.394 e. The number of aliphatic hydroxyl groups is 1. The van der Waals surface area contributed by atoms with Gasteiger partial charge in [0.1, 0.15) is 0 Å². The number of rotatable bonds is 7. The molecular formula is C12H25NO3S. The van der Waals surface area contributed by atoms with Gasteiger partial charge in [-0.3, -0.25) is 0 Å². The molecular weight excluding hydrogens is 238 g/mol. The maximum Gasteiger partial charge on any atom is 0.217 e. The van der Waals surface area contributed by atoms with Gasteiger partial charge in [-0.25, -0.2) is 13.1 Å². The lowest BCUT2D eigenvalue weighted by atomic mass is 10.0. The predicted molar refractivity (Wildman–Crippen MR) is 71.3 cm³/mol. The van der Waals surface area contributed by atoms with E-state index < -0.39 is 20.8 Å². The van der Waals surface area contributed by atoms with Crippen molar-refractivity contribution in [3.63, 3.8) is 0 Å². The SMILES string of the molecule is C=C(CCCC)C(CO)NS(=O)(=O)C(C)(C)C. The molecule has 5 heteroatoms. The fraction of sp³-hybridized carbons (Fsp3) is 0.833. The zero-order valence-electron chi connectivity index (χ0n) is 11.3. The van der Waals surface area contributed by atoms with Crippen LogP contribution in [0.4, 0.5) is 0 Å². The van der Waals surface area contributed by atoms with E-state index in [0.29, 0.717) is 0 Å². The van der Waals surface area contributed by atoms with Gasteiger partial charge >= 0.3 is 0 Å². The molecule has 102 valence electrons. The Bertz CT molecular complexity index is 341. The van der Waals surface area contributed by atoms with E-state index in [1.807, 2.05) is 0 Å². The zero-order valence-corrected chi connectivity index (χ0v) is 12.1. The van der Waals surface area contributed by atoms with Crippen LogP contribution in [0.2, 0.25) is 0 Å². The minimum atomic E-state index is -3.45. The topological polar surface area (TPSA) is 66.4 Å². The molecule has 1 unspecified atom stereocenters. The molecule has 0 fully saturated rings. The van der Waals surface area contributed by atoms with Crippen molar-refractivity contribution in [2.75, 3.05) is 6.61 Å². The molecule has 0 spiro atoms. The van der Waals surface area contributed by atoms with Gasteiger partial charge in [-0.2, -0.15) is 0 Å². The molecule has 0 aromatic carbocycles. The van der Waals surface area contributed by atoms with Crippen LogP contribution in [-0.4, -0.2) is 30.9 Å². The maximum atomic E-state index is 11.9. The molecule has 0 saturated heterocycles. The molecule has 0 bridgehead atoms. The number of hydrogen-bond acceptors (Lipinski definition) is 3. The van der Waals surface area contributed by atoms with Crippen LogP contribution < -0.4 is 4.72 Å². The number of aliphatic hydroxyl groups excluding tert-OH is 1. The third-order valence-electron chi connectivity index (χ3n) is 2.63. The van der Waals surface area contributed by atoms with Crippen molar-refractivity contribution in [2.24, 2.45) is 0 Å². The molecule has 0 aliphatic rings. The first-order chi connectivity index (χ1) is 7.65. The van der Waals surface area contributed by atoms with Gasteiger partial charge in [-0.15, -0.1) is 0 Å². The monoisotopic (exact) mass is 263 g/mol. The number of sulfonamides is 1. The van der Waals surface area contributed by atoms with Gasteiger partial charge in [-0.05, 0) is 33.6 Å². The molecule has 0 aromatic rings. The first-order valence-electron chi connectivity index (χ1n) is 5.96. The third kappa shape index (κ3) is 5.19. The molecule has 0 radical (unpaired) electrons. The molecule has 2 N–H and O–H groups in total. The van der Waals surface area contributed by atoms with Crippen molar-refractivity contribution >= 4 is 10.0 Å². The van der Waals surface area contributed by atoms with Gasteiger partial charge < -0.3 is 5.11 Å². The molecule has 0 rings (SSSR count). The van der Waals surface area contributed by atoms with Gasteiger partial charge in [0.15, 0.2) is 0 Å². The van der Waals surface area contributed by atoms with E-state index in [9.17, 15) is 13.5 Å². The summed E-state index contributed by atoms with van der Waals surface area (Å²) >= 11 is 0. The third-order valence-corrected chi connectivity index (χ3v) is 4.84. The second kappa shape index (κ2) is 6.52. The second-order valence-corrected chi connectivity index (χ2v) is 7.70. The van der Waals surface area contributed by atoms with E-state index in [2.05, 4.69) is 18.2 Å². The highest BCUT2D eigenvalue weighted by atomic mass is 32.2. The molecule has 0 aliphatic heterocycles. The average molecular weight is 263 g/mol. The smallest absolute Gasteiger partial charge is 0.217 e. The van der Waals surface area contributed by atoms with Gasteiger partial charge in [0.25, 0.3) is 0 Å². The summed E-state index contributed by atoms with van der Waals surface area (Å²) in [5, 5.41) is 9.24. The highest BCUT2D eigenvalue weighted by Crippen LogP contribution is 2.17. The van der Waals surface area contributed by atoms with Crippen LogP contribution in [-0.2, 0) is 10.0 Å². The molecule has 4 nitrogen and oxygen atoms in total. The van der Waals surface area contributed by atoms with E-state index in [4.69, 9.17) is 0 Å². The summed E-state index contributed by atoms with van der Waals surface area (Å²) in [5.74, 6) is 0. The van der Waals surface area contributed by atoms with Crippen LogP contribution in [0.5, 0.6) is 0 Å². The van der Waals surface area contributed by atoms with Crippen LogP contribution in [0.3, 0.4) is 0 Å². The van der Waals surface area contributed by atoms with Crippen LogP contribution in [0.25, 0.3) is 0 Å². The van der Waals surface area contributed by atoms with Crippen molar-refractivity contribution in [2.45, 2.75) is 57.7 Å². The van der Waals surface area contributed by atoms with Gasteiger partial charge in [0, 0.05) is 0 Å². The summed E-state index contributed by atoms with van der Waals surface area (Å²) in [5.41, 5.74) is 0.738. The van der Waals surface area contributed by atoms with Gasteiger partial charge in [0.2, 0.25) is 10.0 Å². The fourth-order valence-corrected chi connectivity index (χ4v) is 2.16. The standard InChI is InChI=1S/C12H25NO3S/c1-6-7-8-10(2)11(9-14)13-17(15,16)12(3,4)5/h11,13-14H,2,6-9H2,1,3-5H3. The molecule has 0 aliphatic carbocycles. The van der Waals surface area contributed by atoms with Crippen molar-refractivity contribution in [1.82, 2.24) is 4.72 Å². The van der Waals surface area contributed by atoms with Gasteiger partial charge in [-0.1, -0.05) is 25.5 Å². The summed E-state index contributed by atoms with van der Waals surface area (Å²) in [6.07, 6.45) is 2.70. The Morgan fingerprint density at radius 2 is 1.94 bits per heavy atom. The van der Waals surface area contributed by atoms with E-state index in [1.54, 1.807) is 20.8 Å². The quantitative estimate of drug-likeness (QED) is 0.688. The molecule has 0 heterocycles. The summed E-state index contributed by atoms with van der Waals surface area (Å²) < 4.78 is 25.5. The van der Waals surface area contributed by atoms with E-state index >= 15 is 0 Å². The Balaban J connectivity index is 4.67. The predicted octanol–water partition coefficient (Wildman–Crippen LogP) is 1.81. The summed E-state index contributed by atoms with van der Waals surface area (Å²) in [6, 6.07) is -0.578. The lowest BCUT2D eigenvalue weighted by Crippen LogP contribution is -2.46. The maximum absolute atomic E-state index is 11.9. The minimum Gasteiger partial charge on any atom is -0.394 e. The lowest BCUT2D eigenvalue weighted by Gasteiger charge is -2.25. The van der Waals surface area contributed by atoms with Crippen LogP contribution >= 0.6 is 0 Å². The lowest BCUT2D eigenvalue weighted by molar-refractivity contribution is 0.269. The molecule has 0 amide bonds. The number of unbranched alkanes of at least 4 members (excludes halogenated alkanes) is 1. The number of nitrogens with one attached hydrogen (secondary N) is 1. The molecule has 17 heavy (non-hydrogen) atoms. The van der Waals surface area contributed by atoms with Crippen molar-refractivity contribution in [3.05, 3.63) is 12.2 Å². The van der Waals surface area contributed by atoms with E-state index in [1.165, 1.54) is 0 Å². The van der Waals surface area contributed by atoms with Crippen molar-refractivity contribution in [3.8, 4) is 0 Å². The van der Waals surface area contributed by atoms with Crippen LogP contribution in [0.15, 0.2) is 12.2 Å². The Morgan fingerprint density at radius 3 is 2.29 bits per heavy atom. The Morgan fingerprint density at radius 1 is 1.41 bits per heavy atom. The Labute approximate surface area is 105 Å². The molecule has 0 aromatic heterocycles. The second-order valence-electron chi connectivity index (χ2n) is 5.23. The summed E-state index contributed by atoms with van der Waals surface area (Å²) in [4.78, 5) is 0. The number of hydrogen-bond donors (Lipinski definition) is 2. The zero-order chi connectivity index (χ0) is 13.7. The fourth-order valence-electron chi connectivity index (χ4n) is 1.19. The van der Waals surface area contributed by atoms with Crippen LogP contribution in [0.1, 0.15) is 47.0 Å². The van der Waals surface area contributed by atoms with Crippen LogP contribution in [0, 0.1) is 0 Å². The highest BCUT2D eigenvalue weighted by Gasteiger charge is 2.31. The van der Waals surface area contributed by atoms with E-state index in [-0.39, 0.29) is 6.61 Å². The molecule has 1 atom stereocenters. The van der Waals surface area contributed by atoms with Crippen molar-refractivity contribution < 1.29 is 13.5 Å². The summed E-state index contributed by atoms with van der Waals surface area (Å²) in [6.45, 7) is 10.5. The van der Waals surface area contributed by atoms with Gasteiger partial charge in [0.05, 0.1) is 17.4 Å². The average Bonchev–Trinajstić information content (AvgIpc) is 2.20. The highest BCUT2D eigenvalue weighted by molar-refractivity contribution is 7.90. The minimum absolute atomic E-state index is 0.252. The molecule has 0 saturated carbocycles. The summed E-state index contributed by atoms with van der Waals surface area (Å²) in [7, 11) is -3.45. The van der Waals surface area contributed by atoms with E-state index in [0.717, 1.165) is 24.8 Å². The Hall–Kier alpha value is -0.390.